The highest BCUT2D eigenvalue weighted by atomic mass is 35.5. The van der Waals surface area contributed by atoms with E-state index in [0.717, 1.165) is 23.0 Å². The number of benzene rings is 1. The molecule has 0 bridgehead atoms. The Kier molecular flexibility index (Phi) is 5.37. The minimum absolute atomic E-state index is 0.532. The average Bonchev–Trinajstić information content (AvgIpc) is 2.41. The summed E-state index contributed by atoms with van der Waals surface area (Å²) < 4.78 is 0. The molecule has 19 heavy (non-hydrogen) atoms. The first kappa shape index (κ1) is 15.0. The van der Waals surface area contributed by atoms with Gasteiger partial charge in [-0.15, -0.1) is 11.6 Å². The number of hydrogen-bond acceptors (Lipinski definition) is 2. The van der Waals surface area contributed by atoms with E-state index in [1.165, 1.54) is 31.6 Å². The summed E-state index contributed by atoms with van der Waals surface area (Å²) in [5, 5.41) is 0.777. The molecule has 0 aliphatic carbocycles. The van der Waals surface area contributed by atoms with Crippen molar-refractivity contribution < 1.29 is 0 Å². The van der Waals surface area contributed by atoms with Crippen LogP contribution in [0.15, 0.2) is 18.2 Å². The van der Waals surface area contributed by atoms with E-state index in [2.05, 4.69) is 23.9 Å². The predicted molar refractivity (Wildman–Crippen MR) is 84.5 cm³/mol. The fourth-order valence-corrected chi connectivity index (χ4v) is 3.13. The number of nitrogens with zero attached hydrogens (tertiary/aromatic N) is 2. The normalized spacial score (nSPS) is 17.7. The number of alkyl halides is 1. The molecule has 0 radical (unpaired) electrons. The van der Waals surface area contributed by atoms with Crippen LogP contribution in [0.5, 0.6) is 0 Å². The molecule has 2 rings (SSSR count). The van der Waals surface area contributed by atoms with E-state index in [1.807, 2.05) is 18.2 Å². The van der Waals surface area contributed by atoms with Crippen LogP contribution in [-0.4, -0.2) is 38.6 Å². The van der Waals surface area contributed by atoms with Crippen molar-refractivity contribution in [3.05, 3.63) is 28.8 Å². The topological polar surface area (TPSA) is 6.48 Å². The van der Waals surface area contributed by atoms with Gasteiger partial charge < -0.3 is 9.80 Å². The van der Waals surface area contributed by atoms with Crippen LogP contribution in [0.1, 0.15) is 18.4 Å². The molecule has 4 heteroatoms. The summed E-state index contributed by atoms with van der Waals surface area (Å²) in [6.07, 6.45) is 2.55. The molecule has 1 heterocycles. The third-order valence-electron chi connectivity index (χ3n) is 3.97. The van der Waals surface area contributed by atoms with Gasteiger partial charge >= 0.3 is 0 Å². The van der Waals surface area contributed by atoms with Gasteiger partial charge in [-0.1, -0.05) is 17.7 Å². The fraction of sp³-hybridized carbons (Fsp3) is 0.600. The first-order valence-electron chi connectivity index (χ1n) is 6.84. The Balaban J connectivity index is 2.03. The second-order valence-electron chi connectivity index (χ2n) is 5.53. The minimum atomic E-state index is 0.532. The van der Waals surface area contributed by atoms with Gasteiger partial charge in [0.15, 0.2) is 0 Å². The van der Waals surface area contributed by atoms with E-state index in [4.69, 9.17) is 23.2 Å². The monoisotopic (exact) mass is 300 g/mol. The van der Waals surface area contributed by atoms with E-state index in [9.17, 15) is 0 Å². The molecule has 1 saturated heterocycles. The van der Waals surface area contributed by atoms with Gasteiger partial charge in [0, 0.05) is 30.2 Å². The Bertz CT molecular complexity index is 415. The highest BCUT2D eigenvalue weighted by Gasteiger charge is 2.19. The molecule has 0 atom stereocenters. The summed E-state index contributed by atoms with van der Waals surface area (Å²) in [5.74, 6) is 1.30. The molecule has 0 N–H and O–H groups in total. The maximum Gasteiger partial charge on any atom is 0.0494 e. The van der Waals surface area contributed by atoms with E-state index < -0.39 is 0 Å². The summed E-state index contributed by atoms with van der Waals surface area (Å²) in [6.45, 7) is 3.49. The van der Waals surface area contributed by atoms with Crippen LogP contribution in [-0.2, 0) is 5.88 Å². The number of likely N-dealkylation sites (tertiary alicyclic amines) is 1. The highest BCUT2D eigenvalue weighted by Crippen LogP contribution is 2.27. The standard InChI is InChI=1S/C15H22Cl2N2/c1-18-7-5-12(6-8-18)11-19(2)15-9-14(17)4-3-13(15)10-16/h3-4,9,12H,5-8,10-11H2,1-2H3. The van der Waals surface area contributed by atoms with Crippen molar-refractivity contribution in [3.63, 3.8) is 0 Å². The van der Waals surface area contributed by atoms with Crippen molar-refractivity contribution in [2.24, 2.45) is 5.92 Å². The summed E-state index contributed by atoms with van der Waals surface area (Å²) in [6, 6.07) is 5.95. The molecular formula is C15H22Cl2N2. The zero-order valence-corrected chi connectivity index (χ0v) is 13.2. The molecule has 0 amide bonds. The summed E-state index contributed by atoms with van der Waals surface area (Å²) in [4.78, 5) is 4.71. The van der Waals surface area contributed by atoms with Crippen LogP contribution >= 0.6 is 23.2 Å². The summed E-state index contributed by atoms with van der Waals surface area (Å²) in [7, 11) is 4.34. The van der Waals surface area contributed by atoms with Gasteiger partial charge in [-0.05, 0) is 56.6 Å². The lowest BCUT2D eigenvalue weighted by Gasteiger charge is -2.33. The molecule has 1 aromatic carbocycles. The fourth-order valence-electron chi connectivity index (χ4n) is 2.74. The number of rotatable bonds is 4. The van der Waals surface area contributed by atoms with Gasteiger partial charge in [0.05, 0.1) is 0 Å². The first-order chi connectivity index (χ1) is 9.10. The van der Waals surface area contributed by atoms with Gasteiger partial charge in [0.1, 0.15) is 0 Å². The zero-order valence-electron chi connectivity index (χ0n) is 11.7. The van der Waals surface area contributed by atoms with Gasteiger partial charge in [0.25, 0.3) is 0 Å². The lowest BCUT2D eigenvalue weighted by molar-refractivity contribution is 0.222. The van der Waals surface area contributed by atoms with Crippen molar-refractivity contribution in [1.29, 1.82) is 0 Å². The Labute approximate surface area is 126 Å². The molecule has 0 aromatic heterocycles. The Hall–Kier alpha value is -0.440. The smallest absolute Gasteiger partial charge is 0.0494 e. The lowest BCUT2D eigenvalue weighted by Crippen LogP contribution is -2.35. The van der Waals surface area contributed by atoms with Crippen molar-refractivity contribution in [3.8, 4) is 0 Å². The Morgan fingerprint density at radius 1 is 1.32 bits per heavy atom. The van der Waals surface area contributed by atoms with E-state index >= 15 is 0 Å². The molecule has 1 fully saturated rings. The second-order valence-corrected chi connectivity index (χ2v) is 6.24. The van der Waals surface area contributed by atoms with Crippen LogP contribution < -0.4 is 4.90 Å². The lowest BCUT2D eigenvalue weighted by atomic mass is 9.96. The van der Waals surface area contributed by atoms with Gasteiger partial charge in [0.2, 0.25) is 0 Å². The van der Waals surface area contributed by atoms with E-state index in [1.54, 1.807) is 0 Å². The second kappa shape index (κ2) is 6.83. The molecule has 1 aromatic rings. The van der Waals surface area contributed by atoms with E-state index in [-0.39, 0.29) is 0 Å². The molecule has 0 spiro atoms. The summed E-state index contributed by atoms with van der Waals surface area (Å²) in [5.41, 5.74) is 2.32. The molecular weight excluding hydrogens is 279 g/mol. The molecule has 0 saturated carbocycles. The van der Waals surface area contributed by atoms with E-state index in [0.29, 0.717) is 5.88 Å². The van der Waals surface area contributed by atoms with Crippen molar-refractivity contribution in [2.75, 3.05) is 38.6 Å². The quantitative estimate of drug-likeness (QED) is 0.779. The molecule has 106 valence electrons. The number of anilines is 1. The van der Waals surface area contributed by atoms with Crippen LogP contribution in [0.2, 0.25) is 5.02 Å². The SMILES string of the molecule is CN1CCC(CN(C)c2cc(Cl)ccc2CCl)CC1. The van der Waals surface area contributed by atoms with Crippen LogP contribution in [0.4, 0.5) is 5.69 Å². The Morgan fingerprint density at radius 3 is 2.63 bits per heavy atom. The number of hydrogen-bond donors (Lipinski definition) is 0. The number of halogens is 2. The predicted octanol–water partition coefficient (Wildman–Crippen LogP) is 3.86. The molecule has 0 unspecified atom stereocenters. The maximum absolute atomic E-state index is 6.10. The first-order valence-corrected chi connectivity index (χ1v) is 7.75. The largest absolute Gasteiger partial charge is 0.374 e. The highest BCUT2D eigenvalue weighted by molar-refractivity contribution is 6.31. The minimum Gasteiger partial charge on any atom is -0.374 e. The third-order valence-corrected chi connectivity index (χ3v) is 4.50. The van der Waals surface area contributed by atoms with Crippen molar-refractivity contribution in [1.82, 2.24) is 4.90 Å². The third kappa shape index (κ3) is 4.01. The average molecular weight is 301 g/mol. The molecule has 1 aliphatic heterocycles. The molecule has 2 nitrogen and oxygen atoms in total. The summed E-state index contributed by atoms with van der Waals surface area (Å²) >= 11 is 12.1. The van der Waals surface area contributed by atoms with Gasteiger partial charge in [-0.3, -0.25) is 0 Å². The van der Waals surface area contributed by atoms with Gasteiger partial charge in [-0.2, -0.15) is 0 Å². The Morgan fingerprint density at radius 2 is 2.00 bits per heavy atom. The van der Waals surface area contributed by atoms with Crippen molar-refractivity contribution >= 4 is 28.9 Å². The van der Waals surface area contributed by atoms with Crippen LogP contribution in [0.3, 0.4) is 0 Å². The van der Waals surface area contributed by atoms with Crippen molar-refractivity contribution in [2.45, 2.75) is 18.7 Å². The molecule has 1 aliphatic rings. The number of piperidine rings is 1. The van der Waals surface area contributed by atoms with Crippen LogP contribution in [0.25, 0.3) is 0 Å². The zero-order chi connectivity index (χ0) is 13.8. The van der Waals surface area contributed by atoms with Gasteiger partial charge in [-0.25, -0.2) is 0 Å². The maximum atomic E-state index is 6.10. The van der Waals surface area contributed by atoms with Crippen LogP contribution in [0, 0.1) is 5.92 Å².